The van der Waals surface area contributed by atoms with E-state index in [1.807, 2.05) is 73.7 Å². The number of hydrogen-bond donors (Lipinski definition) is 1. The number of H-pyrrole nitrogens is 1. The molecule has 0 radical (unpaired) electrons. The minimum Gasteiger partial charge on any atom is -0.454 e. The minimum absolute atomic E-state index is 0.131. The Bertz CT molecular complexity index is 1180. The number of fused-ring (bicyclic) bond motifs is 2. The third kappa shape index (κ3) is 3.29. The fourth-order valence-electron chi connectivity index (χ4n) is 3.69. The molecule has 0 fully saturated rings. The Morgan fingerprint density at radius 2 is 1.61 bits per heavy atom. The van der Waals surface area contributed by atoms with Gasteiger partial charge in [0.05, 0.1) is 6.42 Å². The number of ether oxygens (including phenoxy) is 1. The van der Waals surface area contributed by atoms with Gasteiger partial charge in [-0.3, -0.25) is 9.59 Å². The first-order chi connectivity index (χ1) is 13.5. The van der Waals surface area contributed by atoms with Gasteiger partial charge in [0, 0.05) is 22.2 Å². The number of Topliss-reactive ketones (excluding diaryl/α,β-unsaturated/α-hetero) is 1. The Labute approximate surface area is 163 Å². The fourth-order valence-corrected chi connectivity index (χ4v) is 3.69. The summed E-state index contributed by atoms with van der Waals surface area (Å²) in [6.45, 7) is 3.49. The quantitative estimate of drug-likeness (QED) is 0.397. The van der Waals surface area contributed by atoms with Gasteiger partial charge in [-0.15, -0.1) is 0 Å². The van der Waals surface area contributed by atoms with Gasteiger partial charge in [0.15, 0.2) is 6.10 Å². The molecule has 0 unspecified atom stereocenters. The van der Waals surface area contributed by atoms with E-state index in [9.17, 15) is 9.59 Å². The maximum absolute atomic E-state index is 12.9. The Morgan fingerprint density at radius 1 is 0.929 bits per heavy atom. The van der Waals surface area contributed by atoms with Crippen molar-refractivity contribution < 1.29 is 14.3 Å². The SMILES string of the molecule is Cc1[nH]c2ccccc2c1C(=O)[C@H](C)OC(=O)Cc1cccc2ccccc12. The lowest BCUT2D eigenvalue weighted by Crippen LogP contribution is -2.25. The highest BCUT2D eigenvalue weighted by Crippen LogP contribution is 2.24. The summed E-state index contributed by atoms with van der Waals surface area (Å²) in [6, 6.07) is 21.4. The molecule has 1 heterocycles. The predicted molar refractivity (Wildman–Crippen MR) is 111 cm³/mol. The van der Waals surface area contributed by atoms with Gasteiger partial charge in [-0.2, -0.15) is 0 Å². The van der Waals surface area contributed by atoms with Crippen LogP contribution in [0.15, 0.2) is 66.7 Å². The van der Waals surface area contributed by atoms with Crippen molar-refractivity contribution >= 4 is 33.4 Å². The van der Waals surface area contributed by atoms with Crippen molar-refractivity contribution in [2.45, 2.75) is 26.4 Å². The Morgan fingerprint density at radius 3 is 2.43 bits per heavy atom. The Kier molecular flexibility index (Phi) is 4.70. The molecule has 0 saturated carbocycles. The fraction of sp³-hybridized carbons (Fsp3) is 0.167. The topological polar surface area (TPSA) is 59.2 Å². The van der Waals surface area contributed by atoms with E-state index in [-0.39, 0.29) is 12.2 Å². The summed E-state index contributed by atoms with van der Waals surface area (Å²) in [7, 11) is 0. The summed E-state index contributed by atoms with van der Waals surface area (Å²) < 4.78 is 5.49. The second kappa shape index (κ2) is 7.31. The Balaban J connectivity index is 1.52. The molecule has 1 aromatic heterocycles. The summed E-state index contributed by atoms with van der Waals surface area (Å²) in [5.74, 6) is -0.601. The maximum atomic E-state index is 12.9. The molecule has 0 aliphatic rings. The van der Waals surface area contributed by atoms with Crippen LogP contribution in [0.25, 0.3) is 21.7 Å². The highest BCUT2D eigenvalue weighted by molar-refractivity contribution is 6.11. The van der Waals surface area contributed by atoms with Gasteiger partial charge in [0.25, 0.3) is 0 Å². The molecule has 0 amide bonds. The molecule has 4 rings (SSSR count). The number of rotatable bonds is 5. The number of para-hydroxylation sites is 1. The van der Waals surface area contributed by atoms with Crippen LogP contribution in [0, 0.1) is 6.92 Å². The monoisotopic (exact) mass is 371 g/mol. The smallest absolute Gasteiger partial charge is 0.310 e. The molecule has 4 nitrogen and oxygen atoms in total. The van der Waals surface area contributed by atoms with E-state index < -0.39 is 12.1 Å². The van der Waals surface area contributed by atoms with E-state index in [0.717, 1.165) is 32.9 Å². The Hall–Kier alpha value is -3.40. The lowest BCUT2D eigenvalue weighted by atomic mass is 10.0. The van der Waals surface area contributed by atoms with Gasteiger partial charge in [0.1, 0.15) is 0 Å². The van der Waals surface area contributed by atoms with E-state index in [2.05, 4.69) is 4.98 Å². The van der Waals surface area contributed by atoms with Gasteiger partial charge in [-0.05, 0) is 36.2 Å². The summed E-state index contributed by atoms with van der Waals surface area (Å²) in [4.78, 5) is 28.7. The molecule has 0 saturated heterocycles. The number of carbonyl (C=O) groups is 2. The lowest BCUT2D eigenvalue weighted by Gasteiger charge is -2.13. The van der Waals surface area contributed by atoms with Crippen molar-refractivity contribution in [3.05, 3.63) is 83.6 Å². The second-order valence-corrected chi connectivity index (χ2v) is 6.98. The van der Waals surface area contributed by atoms with E-state index in [4.69, 9.17) is 4.74 Å². The van der Waals surface area contributed by atoms with Crippen LogP contribution in [0.1, 0.15) is 28.5 Å². The van der Waals surface area contributed by atoms with Gasteiger partial charge in [-0.1, -0.05) is 60.7 Å². The van der Waals surface area contributed by atoms with E-state index in [1.165, 1.54) is 0 Å². The number of benzene rings is 3. The summed E-state index contributed by atoms with van der Waals surface area (Å²) in [5.41, 5.74) is 3.16. The molecule has 0 aliphatic heterocycles. The van der Waals surface area contributed by atoms with Crippen LogP contribution in [0.5, 0.6) is 0 Å². The van der Waals surface area contributed by atoms with Gasteiger partial charge in [-0.25, -0.2) is 0 Å². The normalized spacial score (nSPS) is 12.2. The number of carbonyl (C=O) groups excluding carboxylic acids is 2. The average molecular weight is 371 g/mol. The molecule has 0 bridgehead atoms. The van der Waals surface area contributed by atoms with E-state index >= 15 is 0 Å². The summed E-state index contributed by atoms with van der Waals surface area (Å²) in [5, 5.41) is 2.95. The number of aromatic nitrogens is 1. The van der Waals surface area contributed by atoms with Crippen molar-refractivity contribution in [3.63, 3.8) is 0 Å². The number of ketones is 1. The number of esters is 1. The molecule has 0 spiro atoms. The number of nitrogens with one attached hydrogen (secondary N) is 1. The van der Waals surface area contributed by atoms with E-state index in [0.29, 0.717) is 5.56 Å². The predicted octanol–water partition coefficient (Wildman–Crippen LogP) is 4.99. The lowest BCUT2D eigenvalue weighted by molar-refractivity contribution is -0.145. The first kappa shape index (κ1) is 18.0. The molecular weight excluding hydrogens is 350 g/mol. The standard InChI is InChI=1S/C24H21NO3/c1-15-23(20-12-5-6-13-21(20)25-15)24(27)16(2)28-22(26)14-18-10-7-9-17-8-3-4-11-19(17)18/h3-13,16,25H,14H2,1-2H3/t16-/m0/s1. The number of aryl methyl sites for hydroxylation is 1. The van der Waals surface area contributed by atoms with Crippen molar-refractivity contribution in [2.75, 3.05) is 0 Å². The van der Waals surface area contributed by atoms with Crippen LogP contribution >= 0.6 is 0 Å². The molecular formula is C24H21NO3. The zero-order chi connectivity index (χ0) is 19.7. The highest BCUT2D eigenvalue weighted by Gasteiger charge is 2.24. The number of aromatic amines is 1. The molecule has 1 atom stereocenters. The molecule has 1 N–H and O–H groups in total. The second-order valence-electron chi connectivity index (χ2n) is 6.98. The molecule has 3 aromatic carbocycles. The van der Waals surface area contributed by atoms with Crippen LogP contribution < -0.4 is 0 Å². The van der Waals surface area contributed by atoms with Crippen molar-refractivity contribution in [3.8, 4) is 0 Å². The first-order valence-electron chi connectivity index (χ1n) is 9.32. The summed E-state index contributed by atoms with van der Waals surface area (Å²) >= 11 is 0. The van der Waals surface area contributed by atoms with Gasteiger partial charge < -0.3 is 9.72 Å². The highest BCUT2D eigenvalue weighted by atomic mass is 16.5. The summed E-state index contributed by atoms with van der Waals surface area (Å²) in [6.07, 6.45) is -0.716. The third-order valence-corrected chi connectivity index (χ3v) is 5.03. The largest absolute Gasteiger partial charge is 0.454 e. The zero-order valence-corrected chi connectivity index (χ0v) is 15.9. The van der Waals surface area contributed by atoms with Crippen LogP contribution in [0.4, 0.5) is 0 Å². The maximum Gasteiger partial charge on any atom is 0.310 e. The van der Waals surface area contributed by atoms with Gasteiger partial charge >= 0.3 is 5.97 Å². The van der Waals surface area contributed by atoms with Crippen molar-refractivity contribution in [1.29, 1.82) is 0 Å². The minimum atomic E-state index is -0.847. The molecule has 4 heteroatoms. The first-order valence-corrected chi connectivity index (χ1v) is 9.32. The van der Waals surface area contributed by atoms with Crippen LogP contribution in [0.2, 0.25) is 0 Å². The van der Waals surface area contributed by atoms with Crippen molar-refractivity contribution in [1.82, 2.24) is 4.98 Å². The van der Waals surface area contributed by atoms with Crippen LogP contribution in [-0.2, 0) is 16.0 Å². The molecule has 0 aliphatic carbocycles. The zero-order valence-electron chi connectivity index (χ0n) is 15.9. The van der Waals surface area contributed by atoms with E-state index in [1.54, 1.807) is 6.92 Å². The van der Waals surface area contributed by atoms with Crippen LogP contribution in [0.3, 0.4) is 0 Å². The molecule has 4 aromatic rings. The van der Waals surface area contributed by atoms with Crippen molar-refractivity contribution in [2.24, 2.45) is 0 Å². The van der Waals surface area contributed by atoms with Crippen LogP contribution in [-0.4, -0.2) is 22.8 Å². The third-order valence-electron chi connectivity index (χ3n) is 5.03. The molecule has 140 valence electrons. The molecule has 28 heavy (non-hydrogen) atoms. The number of hydrogen-bond acceptors (Lipinski definition) is 3. The average Bonchev–Trinajstić information content (AvgIpc) is 3.03. The van der Waals surface area contributed by atoms with Gasteiger partial charge in [0.2, 0.25) is 5.78 Å².